The Labute approximate surface area is 185 Å². The largest absolute Gasteiger partial charge is 0.476 e. The predicted octanol–water partition coefficient (Wildman–Crippen LogP) is 2.20. The summed E-state index contributed by atoms with van der Waals surface area (Å²) >= 11 is 0. The van der Waals surface area contributed by atoms with Crippen molar-refractivity contribution in [2.24, 2.45) is 0 Å². The Bertz CT molecular complexity index is 1230. The minimum absolute atomic E-state index is 0.0958. The quantitative estimate of drug-likeness (QED) is 0.634. The van der Waals surface area contributed by atoms with E-state index in [0.29, 0.717) is 35.4 Å². The first-order valence-electron chi connectivity index (χ1n) is 10.9. The topological polar surface area (TPSA) is 84.7 Å². The summed E-state index contributed by atoms with van der Waals surface area (Å²) in [5.74, 6) is 0.101. The number of aromatic nitrogens is 2. The normalized spacial score (nSPS) is 18.2. The second-order valence-corrected chi connectivity index (χ2v) is 8.16. The van der Waals surface area contributed by atoms with Crippen LogP contribution < -0.4 is 15.2 Å². The lowest BCUT2D eigenvalue weighted by Crippen LogP contribution is -2.53. The molecule has 1 saturated heterocycles. The van der Waals surface area contributed by atoms with Crippen molar-refractivity contribution in [2.45, 2.75) is 31.9 Å². The maximum atomic E-state index is 13.3. The Morgan fingerprint density at radius 2 is 1.75 bits per heavy atom. The summed E-state index contributed by atoms with van der Waals surface area (Å²) in [7, 11) is 0. The van der Waals surface area contributed by atoms with Crippen LogP contribution in [0.15, 0.2) is 59.7 Å². The van der Waals surface area contributed by atoms with Gasteiger partial charge in [-0.3, -0.25) is 19.0 Å². The molecule has 2 amide bonds. The van der Waals surface area contributed by atoms with E-state index in [9.17, 15) is 14.4 Å². The number of amides is 2. The standard InChI is InChI=1S/C24H24N4O4/c29-22(15-27-16-25-18-9-3-2-8-17(18)23(27)30)28-14-21(24(31)26-12-6-1-7-13-26)32-20-11-5-4-10-19(20)28/h2-5,8-11,16,21H,1,6-7,12-15H2/t21-/m1/s1. The third-order valence-electron chi connectivity index (χ3n) is 6.06. The van der Waals surface area contributed by atoms with Crippen molar-refractivity contribution in [3.05, 3.63) is 65.2 Å². The molecule has 3 aromatic rings. The average Bonchev–Trinajstić information content (AvgIpc) is 2.85. The number of carbonyl (C=O) groups excluding carboxylic acids is 2. The van der Waals surface area contributed by atoms with Gasteiger partial charge in [-0.2, -0.15) is 0 Å². The fourth-order valence-electron chi connectivity index (χ4n) is 4.37. The third kappa shape index (κ3) is 3.72. The van der Waals surface area contributed by atoms with E-state index in [1.54, 1.807) is 35.2 Å². The van der Waals surface area contributed by atoms with Gasteiger partial charge >= 0.3 is 0 Å². The van der Waals surface area contributed by atoms with Gasteiger partial charge in [0.25, 0.3) is 11.5 Å². The van der Waals surface area contributed by atoms with Gasteiger partial charge in [-0.15, -0.1) is 0 Å². The smallest absolute Gasteiger partial charge is 0.265 e. The molecular weight excluding hydrogens is 408 g/mol. The van der Waals surface area contributed by atoms with Crippen LogP contribution in [-0.4, -0.2) is 52.0 Å². The number of ether oxygens (including phenoxy) is 1. The van der Waals surface area contributed by atoms with Gasteiger partial charge in [-0.05, 0) is 43.5 Å². The Morgan fingerprint density at radius 3 is 2.59 bits per heavy atom. The number of likely N-dealkylation sites (tertiary alicyclic amines) is 1. The second kappa shape index (κ2) is 8.45. The maximum Gasteiger partial charge on any atom is 0.265 e. The average molecular weight is 432 g/mol. The lowest BCUT2D eigenvalue weighted by molar-refractivity contribution is -0.139. The number of carbonyl (C=O) groups is 2. The molecule has 164 valence electrons. The van der Waals surface area contributed by atoms with Gasteiger partial charge in [0, 0.05) is 13.1 Å². The van der Waals surface area contributed by atoms with E-state index in [4.69, 9.17) is 4.74 Å². The maximum absolute atomic E-state index is 13.3. The summed E-state index contributed by atoms with van der Waals surface area (Å²) < 4.78 is 7.30. The van der Waals surface area contributed by atoms with E-state index in [-0.39, 0.29) is 30.5 Å². The number of anilines is 1. The number of hydrogen-bond acceptors (Lipinski definition) is 5. The van der Waals surface area contributed by atoms with Crippen LogP contribution >= 0.6 is 0 Å². The van der Waals surface area contributed by atoms with Gasteiger partial charge in [-0.1, -0.05) is 24.3 Å². The zero-order valence-electron chi connectivity index (χ0n) is 17.6. The van der Waals surface area contributed by atoms with Gasteiger partial charge in [-0.25, -0.2) is 4.98 Å². The molecule has 32 heavy (non-hydrogen) atoms. The first kappa shape index (κ1) is 20.2. The zero-order chi connectivity index (χ0) is 22.1. The molecule has 1 atom stereocenters. The minimum atomic E-state index is -0.765. The van der Waals surface area contributed by atoms with Crippen molar-refractivity contribution < 1.29 is 14.3 Å². The molecule has 0 radical (unpaired) electrons. The molecule has 2 aliphatic rings. The van der Waals surface area contributed by atoms with E-state index in [0.717, 1.165) is 19.3 Å². The molecule has 8 nitrogen and oxygen atoms in total. The van der Waals surface area contributed by atoms with E-state index >= 15 is 0 Å². The van der Waals surface area contributed by atoms with Crippen molar-refractivity contribution in [1.82, 2.24) is 14.5 Å². The molecule has 5 rings (SSSR count). The molecule has 0 aliphatic carbocycles. The number of rotatable bonds is 3. The van der Waals surface area contributed by atoms with Crippen molar-refractivity contribution >= 4 is 28.4 Å². The molecule has 0 bridgehead atoms. The Hall–Kier alpha value is -3.68. The SMILES string of the molecule is O=C([C@H]1CN(C(=O)Cn2cnc3ccccc3c2=O)c2ccccc2O1)N1CCCCC1. The van der Waals surface area contributed by atoms with E-state index in [2.05, 4.69) is 4.98 Å². The van der Waals surface area contributed by atoms with Gasteiger partial charge in [0.05, 0.1) is 29.5 Å². The number of benzene rings is 2. The third-order valence-corrected chi connectivity index (χ3v) is 6.06. The lowest BCUT2D eigenvalue weighted by atomic mass is 10.1. The molecule has 2 aromatic carbocycles. The molecule has 0 N–H and O–H groups in total. The number of hydrogen-bond donors (Lipinski definition) is 0. The zero-order valence-corrected chi connectivity index (χ0v) is 17.6. The highest BCUT2D eigenvalue weighted by molar-refractivity contribution is 5.97. The number of para-hydroxylation sites is 3. The first-order valence-corrected chi connectivity index (χ1v) is 10.9. The summed E-state index contributed by atoms with van der Waals surface area (Å²) in [6.07, 6.45) is 3.71. The van der Waals surface area contributed by atoms with Gasteiger partial charge < -0.3 is 14.5 Å². The first-order chi connectivity index (χ1) is 15.6. The van der Waals surface area contributed by atoms with Crippen LogP contribution in [0.1, 0.15) is 19.3 Å². The van der Waals surface area contributed by atoms with Crippen LogP contribution in [0.5, 0.6) is 5.75 Å². The van der Waals surface area contributed by atoms with Gasteiger partial charge in [0.15, 0.2) is 6.10 Å². The van der Waals surface area contributed by atoms with Gasteiger partial charge in [0.2, 0.25) is 5.91 Å². The van der Waals surface area contributed by atoms with Crippen molar-refractivity contribution in [2.75, 3.05) is 24.5 Å². The summed E-state index contributed by atoms with van der Waals surface area (Å²) in [6, 6.07) is 14.2. The van der Waals surface area contributed by atoms with E-state index in [1.807, 2.05) is 23.1 Å². The minimum Gasteiger partial charge on any atom is -0.476 e. The Morgan fingerprint density at radius 1 is 1.00 bits per heavy atom. The molecule has 8 heteroatoms. The number of piperidine rings is 1. The summed E-state index contributed by atoms with van der Waals surface area (Å²) in [5.41, 5.74) is 0.915. The molecule has 0 unspecified atom stereocenters. The second-order valence-electron chi connectivity index (χ2n) is 8.16. The molecule has 0 saturated carbocycles. The molecular formula is C24H24N4O4. The summed E-state index contributed by atoms with van der Waals surface area (Å²) in [4.78, 5) is 46.9. The predicted molar refractivity (Wildman–Crippen MR) is 120 cm³/mol. The van der Waals surface area contributed by atoms with Crippen molar-refractivity contribution in [1.29, 1.82) is 0 Å². The van der Waals surface area contributed by atoms with Crippen LogP contribution in [-0.2, 0) is 16.1 Å². The highest BCUT2D eigenvalue weighted by Crippen LogP contribution is 2.34. The van der Waals surface area contributed by atoms with Gasteiger partial charge in [0.1, 0.15) is 12.3 Å². The van der Waals surface area contributed by atoms with Crippen molar-refractivity contribution in [3.8, 4) is 5.75 Å². The molecule has 3 heterocycles. The van der Waals surface area contributed by atoms with Crippen LogP contribution in [0.2, 0.25) is 0 Å². The molecule has 1 aromatic heterocycles. The Balaban J connectivity index is 1.42. The monoisotopic (exact) mass is 432 g/mol. The summed E-state index contributed by atoms with van der Waals surface area (Å²) in [5, 5.41) is 0.461. The van der Waals surface area contributed by atoms with Crippen LogP contribution in [0.3, 0.4) is 0 Å². The molecule has 2 aliphatic heterocycles. The van der Waals surface area contributed by atoms with Crippen LogP contribution in [0.25, 0.3) is 10.9 Å². The van der Waals surface area contributed by atoms with E-state index in [1.165, 1.54) is 10.9 Å². The van der Waals surface area contributed by atoms with E-state index < -0.39 is 6.10 Å². The highest BCUT2D eigenvalue weighted by atomic mass is 16.5. The number of fused-ring (bicyclic) bond motifs is 2. The molecule has 1 fully saturated rings. The van der Waals surface area contributed by atoms with Crippen LogP contribution in [0, 0.1) is 0 Å². The molecule has 0 spiro atoms. The summed E-state index contributed by atoms with van der Waals surface area (Å²) in [6.45, 7) is 1.37. The fraction of sp³-hybridized carbons (Fsp3) is 0.333. The fourth-order valence-corrected chi connectivity index (χ4v) is 4.37. The highest BCUT2D eigenvalue weighted by Gasteiger charge is 2.36. The lowest BCUT2D eigenvalue weighted by Gasteiger charge is -2.37. The van der Waals surface area contributed by atoms with Crippen molar-refractivity contribution in [3.63, 3.8) is 0 Å². The number of nitrogens with zero attached hydrogens (tertiary/aromatic N) is 4. The van der Waals surface area contributed by atoms with Crippen LogP contribution in [0.4, 0.5) is 5.69 Å². The Kier molecular flexibility index (Phi) is 5.34.